The predicted octanol–water partition coefficient (Wildman–Crippen LogP) is 4.93. The number of sulfonamides is 1. The summed E-state index contributed by atoms with van der Waals surface area (Å²) in [5.41, 5.74) is 1.58. The molecule has 11 heteroatoms. The van der Waals surface area contributed by atoms with E-state index in [9.17, 15) is 26.8 Å². The number of benzene rings is 3. The average Bonchev–Trinajstić information content (AvgIpc) is 2.97. The van der Waals surface area contributed by atoms with Crippen molar-refractivity contribution in [3.05, 3.63) is 95.6 Å². The number of carbonyl (C=O) groups excluding carboxylic acids is 2. The van der Waals surface area contributed by atoms with Gasteiger partial charge in [-0.3, -0.25) is 13.9 Å². The molecule has 1 N–H and O–H groups in total. The SMILES string of the molecule is COc1cccc(CN(C(=O)CCCN(c2ccc(F)c(F)c2)S(C)(=O)=O)[C@H](Cc2ccccc2)C(=O)NCC(C)C)c1. The summed E-state index contributed by atoms with van der Waals surface area (Å²) in [6.07, 6.45) is 1.21. The van der Waals surface area contributed by atoms with Crippen LogP contribution in [0.25, 0.3) is 0 Å². The highest BCUT2D eigenvalue weighted by molar-refractivity contribution is 7.92. The lowest BCUT2D eigenvalue weighted by atomic mass is 10.0. The average molecular weight is 616 g/mol. The Balaban J connectivity index is 1.90. The van der Waals surface area contributed by atoms with Crippen LogP contribution in [0.3, 0.4) is 0 Å². The molecule has 1 atom stereocenters. The van der Waals surface area contributed by atoms with Crippen molar-refractivity contribution in [1.82, 2.24) is 10.2 Å². The number of halogens is 2. The lowest BCUT2D eigenvalue weighted by Gasteiger charge is -2.32. The van der Waals surface area contributed by atoms with E-state index in [2.05, 4.69) is 5.32 Å². The molecule has 0 fully saturated rings. The van der Waals surface area contributed by atoms with Crippen LogP contribution >= 0.6 is 0 Å². The third-order valence-corrected chi connectivity index (χ3v) is 7.98. The lowest BCUT2D eigenvalue weighted by molar-refractivity contribution is -0.141. The maximum Gasteiger partial charge on any atom is 0.243 e. The number of methoxy groups -OCH3 is 1. The van der Waals surface area contributed by atoms with Gasteiger partial charge in [-0.2, -0.15) is 0 Å². The first-order valence-electron chi connectivity index (χ1n) is 14.1. The molecule has 3 aromatic carbocycles. The summed E-state index contributed by atoms with van der Waals surface area (Å²) in [7, 11) is -2.32. The van der Waals surface area contributed by atoms with Gasteiger partial charge < -0.3 is 15.0 Å². The first kappa shape index (κ1) is 33.5. The Labute approximate surface area is 252 Å². The van der Waals surface area contributed by atoms with Crippen molar-refractivity contribution in [2.45, 2.75) is 45.7 Å². The van der Waals surface area contributed by atoms with E-state index in [1.54, 1.807) is 25.3 Å². The second kappa shape index (κ2) is 15.5. The highest BCUT2D eigenvalue weighted by Gasteiger charge is 2.31. The van der Waals surface area contributed by atoms with Crippen molar-refractivity contribution in [3.63, 3.8) is 0 Å². The van der Waals surface area contributed by atoms with Gasteiger partial charge in [0.15, 0.2) is 11.6 Å². The molecule has 0 aromatic heterocycles. The van der Waals surface area contributed by atoms with E-state index in [1.165, 1.54) is 11.0 Å². The Morgan fingerprint density at radius 3 is 2.26 bits per heavy atom. The Hall–Kier alpha value is -3.99. The number of ether oxygens (including phenoxy) is 1. The Kier molecular flexibility index (Phi) is 12.1. The van der Waals surface area contributed by atoms with E-state index < -0.39 is 27.7 Å². The topological polar surface area (TPSA) is 96.0 Å². The highest BCUT2D eigenvalue weighted by atomic mass is 32.2. The van der Waals surface area contributed by atoms with E-state index in [0.29, 0.717) is 12.3 Å². The van der Waals surface area contributed by atoms with Gasteiger partial charge in [-0.25, -0.2) is 17.2 Å². The molecule has 2 amide bonds. The van der Waals surface area contributed by atoms with Gasteiger partial charge in [0.1, 0.15) is 11.8 Å². The first-order valence-corrected chi connectivity index (χ1v) is 15.9. The predicted molar refractivity (Wildman–Crippen MR) is 163 cm³/mol. The summed E-state index contributed by atoms with van der Waals surface area (Å²) < 4.78 is 58.7. The van der Waals surface area contributed by atoms with E-state index in [4.69, 9.17) is 4.74 Å². The normalized spacial score (nSPS) is 12.1. The smallest absolute Gasteiger partial charge is 0.243 e. The number of hydrogen-bond acceptors (Lipinski definition) is 5. The van der Waals surface area contributed by atoms with E-state index in [0.717, 1.165) is 33.8 Å². The lowest BCUT2D eigenvalue weighted by Crippen LogP contribution is -2.51. The van der Waals surface area contributed by atoms with E-state index >= 15 is 0 Å². The van der Waals surface area contributed by atoms with Crippen molar-refractivity contribution in [2.24, 2.45) is 5.92 Å². The summed E-state index contributed by atoms with van der Waals surface area (Å²) in [5, 5.41) is 2.96. The molecule has 0 radical (unpaired) electrons. The zero-order chi connectivity index (χ0) is 31.6. The molecule has 3 rings (SSSR count). The van der Waals surface area contributed by atoms with Crippen molar-refractivity contribution in [1.29, 1.82) is 0 Å². The fourth-order valence-corrected chi connectivity index (χ4v) is 5.55. The highest BCUT2D eigenvalue weighted by Crippen LogP contribution is 2.23. The molecule has 0 aliphatic carbocycles. The minimum atomic E-state index is -3.87. The maximum absolute atomic E-state index is 13.9. The number of carbonyl (C=O) groups is 2. The maximum atomic E-state index is 13.9. The summed E-state index contributed by atoms with van der Waals surface area (Å²) in [5.74, 6) is -2.13. The van der Waals surface area contributed by atoms with Gasteiger partial charge in [-0.05, 0) is 47.7 Å². The molecule has 0 aliphatic rings. The van der Waals surface area contributed by atoms with Gasteiger partial charge in [-0.1, -0.05) is 56.3 Å². The van der Waals surface area contributed by atoms with E-state index in [-0.39, 0.29) is 55.8 Å². The van der Waals surface area contributed by atoms with Crippen molar-refractivity contribution in [3.8, 4) is 5.75 Å². The van der Waals surface area contributed by atoms with Crippen LogP contribution < -0.4 is 14.4 Å². The fourth-order valence-electron chi connectivity index (χ4n) is 4.59. The quantitative estimate of drug-likeness (QED) is 0.262. The van der Waals surface area contributed by atoms with Crippen LogP contribution in [0.2, 0.25) is 0 Å². The minimum Gasteiger partial charge on any atom is -0.497 e. The summed E-state index contributed by atoms with van der Waals surface area (Å²) in [6.45, 7) is 4.36. The van der Waals surface area contributed by atoms with Crippen LogP contribution in [0.1, 0.15) is 37.8 Å². The minimum absolute atomic E-state index is 0.0443. The van der Waals surface area contributed by atoms with Crippen molar-refractivity contribution in [2.75, 3.05) is 30.8 Å². The van der Waals surface area contributed by atoms with Crippen LogP contribution in [0.15, 0.2) is 72.8 Å². The molecule has 0 spiro atoms. The molecule has 0 aliphatic heterocycles. The third kappa shape index (κ3) is 10.1. The van der Waals surface area contributed by atoms with Crippen LogP contribution in [-0.4, -0.2) is 57.6 Å². The third-order valence-electron chi connectivity index (χ3n) is 6.79. The van der Waals surface area contributed by atoms with Crippen molar-refractivity contribution < 1.29 is 31.5 Å². The second-order valence-corrected chi connectivity index (χ2v) is 12.7. The molecule has 3 aromatic rings. The molecule has 232 valence electrons. The van der Waals surface area contributed by atoms with Gasteiger partial charge >= 0.3 is 0 Å². The van der Waals surface area contributed by atoms with Crippen molar-refractivity contribution >= 4 is 27.5 Å². The Morgan fingerprint density at radius 1 is 0.930 bits per heavy atom. The number of nitrogens with zero attached hydrogens (tertiary/aromatic N) is 2. The monoisotopic (exact) mass is 615 g/mol. The number of rotatable bonds is 15. The standard InChI is InChI=1S/C32H39F2N3O5S/c1-23(2)21-35-32(39)30(19-24-10-6-5-7-11-24)36(22-25-12-8-13-27(18-25)42-3)31(38)14-9-17-37(43(4,40)41)26-15-16-28(33)29(34)20-26/h5-8,10-13,15-16,18,20,23,30H,9,14,17,19,21-22H2,1-4H3,(H,35,39)/t30-/m1/s1. The zero-order valence-electron chi connectivity index (χ0n) is 24.9. The van der Waals surface area contributed by atoms with Crippen LogP contribution in [-0.2, 0) is 32.6 Å². The number of nitrogens with one attached hydrogen (secondary N) is 1. The van der Waals surface area contributed by atoms with Gasteiger partial charge in [0, 0.05) is 38.5 Å². The second-order valence-electron chi connectivity index (χ2n) is 10.8. The molecule has 8 nitrogen and oxygen atoms in total. The van der Waals surface area contributed by atoms with Crippen LogP contribution in [0, 0.1) is 17.6 Å². The molecule has 0 saturated carbocycles. The molecule has 0 saturated heterocycles. The fraction of sp³-hybridized carbons (Fsp3) is 0.375. The molecule has 0 bridgehead atoms. The largest absolute Gasteiger partial charge is 0.497 e. The van der Waals surface area contributed by atoms with Gasteiger partial charge in [0.25, 0.3) is 0 Å². The number of anilines is 1. The van der Waals surface area contributed by atoms with E-state index in [1.807, 2.05) is 50.2 Å². The van der Waals surface area contributed by atoms with Gasteiger partial charge in [-0.15, -0.1) is 0 Å². The molecule has 43 heavy (non-hydrogen) atoms. The van der Waals surface area contributed by atoms with Gasteiger partial charge in [0.05, 0.1) is 19.1 Å². The molecular formula is C32H39F2N3O5S. The molecule has 0 unspecified atom stereocenters. The van der Waals surface area contributed by atoms with Crippen LogP contribution in [0.5, 0.6) is 5.75 Å². The summed E-state index contributed by atoms with van der Waals surface area (Å²) in [6, 6.07) is 18.6. The van der Waals surface area contributed by atoms with Crippen LogP contribution in [0.4, 0.5) is 14.5 Å². The Bertz CT molecular complexity index is 1490. The molecular weight excluding hydrogens is 576 g/mol. The number of amides is 2. The zero-order valence-corrected chi connectivity index (χ0v) is 25.7. The first-order chi connectivity index (χ1) is 20.4. The number of hydrogen-bond donors (Lipinski definition) is 1. The van der Waals surface area contributed by atoms with Gasteiger partial charge in [0.2, 0.25) is 21.8 Å². The summed E-state index contributed by atoms with van der Waals surface area (Å²) in [4.78, 5) is 29.0. The molecule has 0 heterocycles. The Morgan fingerprint density at radius 2 is 1.63 bits per heavy atom. The summed E-state index contributed by atoms with van der Waals surface area (Å²) >= 11 is 0.